The molecule has 1 unspecified atom stereocenters. The minimum Gasteiger partial charge on any atom is -0.295 e. The molecule has 1 aliphatic heterocycles. The predicted molar refractivity (Wildman–Crippen MR) is 94.0 cm³/mol. The summed E-state index contributed by atoms with van der Waals surface area (Å²) < 4.78 is 3.06. The summed E-state index contributed by atoms with van der Waals surface area (Å²) in [6.07, 6.45) is 0.610. The van der Waals surface area contributed by atoms with E-state index in [0.717, 1.165) is 16.6 Å². The van der Waals surface area contributed by atoms with Crippen LogP contribution in [-0.2, 0) is 16.6 Å². The van der Waals surface area contributed by atoms with Gasteiger partial charge in [0.2, 0.25) is 11.8 Å². The standard InChI is InChI=1S/C16H19N3O3.C2H6/c1-9(2)10-4-5-11-13(8-10)18(3)16(22)19(11)12-6-7-14(20)17-15(12)21;1-2/h4-5,8-9,12H,6-7H2,1-3H3,(H,17,20,21);1-2H3. The molecule has 1 aromatic heterocycles. The molecular weight excluding hydrogens is 306 g/mol. The molecule has 1 fully saturated rings. The Kier molecular flexibility index (Phi) is 5.26. The van der Waals surface area contributed by atoms with Crippen molar-refractivity contribution in [2.45, 2.75) is 52.5 Å². The lowest BCUT2D eigenvalue weighted by Gasteiger charge is -2.22. The molecule has 2 aromatic rings. The summed E-state index contributed by atoms with van der Waals surface area (Å²) in [5.74, 6) is -0.325. The van der Waals surface area contributed by atoms with Gasteiger partial charge in [-0.05, 0) is 30.0 Å². The topological polar surface area (TPSA) is 73.1 Å². The van der Waals surface area contributed by atoms with Gasteiger partial charge in [-0.3, -0.25) is 24.0 Å². The molecule has 24 heavy (non-hydrogen) atoms. The molecule has 3 rings (SSSR count). The Morgan fingerprint density at radius 3 is 2.38 bits per heavy atom. The molecule has 0 spiro atoms. The highest BCUT2D eigenvalue weighted by Crippen LogP contribution is 2.25. The summed E-state index contributed by atoms with van der Waals surface area (Å²) in [7, 11) is 1.71. The van der Waals surface area contributed by atoms with Crippen LogP contribution in [0.25, 0.3) is 11.0 Å². The fraction of sp³-hybridized carbons (Fsp3) is 0.500. The van der Waals surface area contributed by atoms with Crippen molar-refractivity contribution in [1.82, 2.24) is 14.5 Å². The number of rotatable bonds is 2. The predicted octanol–water partition coefficient (Wildman–Crippen LogP) is 2.47. The number of imide groups is 1. The number of imidazole rings is 1. The summed E-state index contributed by atoms with van der Waals surface area (Å²) in [6, 6.07) is 5.23. The van der Waals surface area contributed by atoms with E-state index in [1.165, 1.54) is 4.57 Å². The fourth-order valence-corrected chi connectivity index (χ4v) is 2.97. The van der Waals surface area contributed by atoms with Crippen molar-refractivity contribution in [2.24, 2.45) is 7.05 Å². The summed E-state index contributed by atoms with van der Waals surface area (Å²) in [5, 5.41) is 2.31. The molecule has 2 heterocycles. The Bertz CT molecular complexity index is 830. The average Bonchev–Trinajstić information content (AvgIpc) is 2.81. The Balaban J connectivity index is 0.00000100. The molecule has 6 nitrogen and oxygen atoms in total. The van der Waals surface area contributed by atoms with Crippen LogP contribution in [0.3, 0.4) is 0 Å². The molecule has 1 aromatic carbocycles. The van der Waals surface area contributed by atoms with E-state index >= 15 is 0 Å². The minimum atomic E-state index is -0.626. The number of aryl methyl sites for hydroxylation is 1. The van der Waals surface area contributed by atoms with Crippen molar-refractivity contribution in [3.05, 3.63) is 34.2 Å². The molecule has 130 valence electrons. The molecule has 6 heteroatoms. The number of fused-ring (bicyclic) bond motifs is 1. The van der Waals surface area contributed by atoms with Crippen molar-refractivity contribution in [2.75, 3.05) is 0 Å². The Labute approximate surface area is 141 Å². The minimum absolute atomic E-state index is 0.231. The van der Waals surface area contributed by atoms with Crippen molar-refractivity contribution >= 4 is 22.8 Å². The molecular formula is C18H25N3O3. The monoisotopic (exact) mass is 331 g/mol. The van der Waals surface area contributed by atoms with Gasteiger partial charge >= 0.3 is 5.69 Å². The van der Waals surface area contributed by atoms with Crippen LogP contribution in [0, 0.1) is 0 Å². The number of hydrogen-bond donors (Lipinski definition) is 1. The molecule has 1 N–H and O–H groups in total. The highest BCUT2D eigenvalue weighted by atomic mass is 16.2. The molecule has 0 radical (unpaired) electrons. The Morgan fingerprint density at radius 1 is 1.12 bits per heavy atom. The molecule has 2 amide bonds. The van der Waals surface area contributed by atoms with Crippen LogP contribution in [-0.4, -0.2) is 20.9 Å². The van der Waals surface area contributed by atoms with Gasteiger partial charge in [0.15, 0.2) is 0 Å². The molecule has 0 bridgehead atoms. The maximum absolute atomic E-state index is 12.6. The van der Waals surface area contributed by atoms with Crippen molar-refractivity contribution in [1.29, 1.82) is 0 Å². The number of hydrogen-bond acceptors (Lipinski definition) is 3. The Morgan fingerprint density at radius 2 is 1.79 bits per heavy atom. The summed E-state index contributed by atoms with van der Waals surface area (Å²) >= 11 is 0. The van der Waals surface area contributed by atoms with Crippen molar-refractivity contribution in [3.63, 3.8) is 0 Å². The first-order chi connectivity index (χ1) is 11.4. The smallest absolute Gasteiger partial charge is 0.295 e. The number of benzene rings is 1. The summed E-state index contributed by atoms with van der Waals surface area (Å²) in [4.78, 5) is 35.9. The van der Waals surface area contributed by atoms with Gasteiger partial charge in [-0.15, -0.1) is 0 Å². The highest BCUT2D eigenvalue weighted by molar-refractivity contribution is 6.00. The van der Waals surface area contributed by atoms with Crippen LogP contribution >= 0.6 is 0 Å². The highest BCUT2D eigenvalue weighted by Gasteiger charge is 2.31. The van der Waals surface area contributed by atoms with E-state index in [2.05, 4.69) is 19.2 Å². The zero-order valence-electron chi connectivity index (χ0n) is 14.9. The molecule has 0 aliphatic carbocycles. The van der Waals surface area contributed by atoms with Crippen LogP contribution < -0.4 is 11.0 Å². The quantitative estimate of drug-likeness (QED) is 0.859. The van der Waals surface area contributed by atoms with E-state index in [1.807, 2.05) is 32.0 Å². The molecule has 1 saturated heterocycles. The Hall–Kier alpha value is -2.37. The first-order valence-electron chi connectivity index (χ1n) is 8.44. The van der Waals surface area contributed by atoms with Gasteiger partial charge in [0.25, 0.3) is 0 Å². The second-order valence-electron chi connectivity index (χ2n) is 6.08. The third-order valence-corrected chi connectivity index (χ3v) is 4.30. The number of nitrogens with one attached hydrogen (secondary N) is 1. The van der Waals surface area contributed by atoms with E-state index in [9.17, 15) is 14.4 Å². The third-order valence-electron chi connectivity index (χ3n) is 4.30. The van der Waals surface area contributed by atoms with Gasteiger partial charge in [0.1, 0.15) is 6.04 Å². The molecule has 1 atom stereocenters. The number of piperidine rings is 1. The normalized spacial score (nSPS) is 17.7. The van der Waals surface area contributed by atoms with Gasteiger partial charge in [-0.25, -0.2) is 4.79 Å². The second kappa shape index (κ2) is 7.03. The van der Waals surface area contributed by atoms with Crippen LogP contribution in [0.1, 0.15) is 58.1 Å². The lowest BCUT2D eigenvalue weighted by molar-refractivity contribution is -0.135. The van der Waals surface area contributed by atoms with E-state index in [-0.39, 0.29) is 18.0 Å². The third kappa shape index (κ3) is 3.00. The second-order valence-corrected chi connectivity index (χ2v) is 6.08. The van der Waals surface area contributed by atoms with E-state index in [4.69, 9.17) is 0 Å². The molecule has 0 saturated carbocycles. The van der Waals surface area contributed by atoms with Crippen LogP contribution in [0.4, 0.5) is 0 Å². The van der Waals surface area contributed by atoms with Gasteiger partial charge in [-0.1, -0.05) is 33.8 Å². The number of carbonyl (C=O) groups excluding carboxylic acids is 2. The number of nitrogens with zero attached hydrogens (tertiary/aromatic N) is 2. The van der Waals surface area contributed by atoms with Crippen LogP contribution in [0.15, 0.2) is 23.0 Å². The van der Waals surface area contributed by atoms with Crippen LogP contribution in [0.5, 0.6) is 0 Å². The van der Waals surface area contributed by atoms with Gasteiger partial charge in [0.05, 0.1) is 11.0 Å². The maximum Gasteiger partial charge on any atom is 0.329 e. The average molecular weight is 331 g/mol. The first-order valence-corrected chi connectivity index (χ1v) is 8.44. The van der Waals surface area contributed by atoms with Crippen LogP contribution in [0.2, 0.25) is 0 Å². The van der Waals surface area contributed by atoms with Crippen molar-refractivity contribution < 1.29 is 9.59 Å². The summed E-state index contributed by atoms with van der Waals surface area (Å²) in [6.45, 7) is 8.19. The summed E-state index contributed by atoms with van der Waals surface area (Å²) in [5.41, 5.74) is 2.45. The molecule has 1 aliphatic rings. The number of aromatic nitrogens is 2. The van der Waals surface area contributed by atoms with E-state index in [0.29, 0.717) is 12.3 Å². The zero-order chi connectivity index (χ0) is 18.0. The van der Waals surface area contributed by atoms with Gasteiger partial charge in [-0.2, -0.15) is 0 Å². The first kappa shape index (κ1) is 18.0. The zero-order valence-corrected chi connectivity index (χ0v) is 14.9. The maximum atomic E-state index is 12.6. The van der Waals surface area contributed by atoms with E-state index in [1.54, 1.807) is 11.6 Å². The number of carbonyl (C=O) groups is 2. The lowest BCUT2D eigenvalue weighted by Crippen LogP contribution is -2.44. The van der Waals surface area contributed by atoms with Crippen molar-refractivity contribution in [3.8, 4) is 0 Å². The largest absolute Gasteiger partial charge is 0.329 e. The van der Waals surface area contributed by atoms with E-state index < -0.39 is 11.9 Å². The lowest BCUT2D eigenvalue weighted by atomic mass is 10.0. The SMILES string of the molecule is CC.CC(C)c1ccc2c(c1)n(C)c(=O)n2C1CCC(=O)NC1=O. The van der Waals surface area contributed by atoms with Gasteiger partial charge in [0, 0.05) is 13.5 Å². The van der Waals surface area contributed by atoms with Gasteiger partial charge < -0.3 is 0 Å². The number of amides is 2. The fourth-order valence-electron chi connectivity index (χ4n) is 2.97.